The van der Waals surface area contributed by atoms with Crippen molar-refractivity contribution in [1.82, 2.24) is 9.71 Å². The molecule has 4 rings (SSSR count). The van der Waals surface area contributed by atoms with Crippen LogP contribution in [0.4, 0.5) is 13.2 Å². The first-order valence-electron chi connectivity index (χ1n) is 8.95. The molecule has 158 valence electrons. The average Bonchev–Trinajstić information content (AvgIpc) is 3.46. The van der Waals surface area contributed by atoms with Gasteiger partial charge in [0, 0.05) is 34.3 Å². The highest BCUT2D eigenvalue weighted by Crippen LogP contribution is 2.40. The van der Waals surface area contributed by atoms with Crippen molar-refractivity contribution in [2.75, 3.05) is 0 Å². The van der Waals surface area contributed by atoms with E-state index in [0.29, 0.717) is 29.5 Å². The summed E-state index contributed by atoms with van der Waals surface area (Å²) in [5.74, 6) is 0. The van der Waals surface area contributed by atoms with Gasteiger partial charge in [-0.15, -0.1) is 11.3 Å². The molecule has 0 saturated heterocycles. The largest absolute Gasteiger partial charge is 0.421 e. The van der Waals surface area contributed by atoms with Gasteiger partial charge in [-0.3, -0.25) is 4.98 Å². The fourth-order valence-corrected chi connectivity index (χ4v) is 5.23. The number of hydrogen-bond acceptors (Lipinski definition) is 5. The zero-order chi connectivity index (χ0) is 21.7. The van der Waals surface area contributed by atoms with Crippen LogP contribution in [0.2, 0.25) is 0 Å². The number of sulfonamides is 1. The second-order valence-electron chi connectivity index (χ2n) is 7.14. The maximum Gasteiger partial charge on any atom is 0.421 e. The monoisotopic (exact) mass is 454 g/mol. The Morgan fingerprint density at radius 1 is 1.23 bits per heavy atom. The summed E-state index contributed by atoms with van der Waals surface area (Å²) in [6.07, 6.45) is -1.51. The summed E-state index contributed by atoms with van der Waals surface area (Å²) in [4.78, 5) is 5.33. The van der Waals surface area contributed by atoms with Crippen molar-refractivity contribution in [1.29, 1.82) is 0 Å². The van der Waals surface area contributed by atoms with E-state index in [1.54, 1.807) is 18.2 Å². The first-order valence-corrected chi connectivity index (χ1v) is 11.3. The van der Waals surface area contributed by atoms with Crippen molar-refractivity contribution in [2.24, 2.45) is 0 Å². The summed E-state index contributed by atoms with van der Waals surface area (Å²) < 4.78 is 67.0. The van der Waals surface area contributed by atoms with E-state index in [9.17, 15) is 26.7 Å². The molecule has 1 unspecified atom stereocenters. The number of nitrogens with zero attached hydrogens (tertiary/aromatic N) is 1. The van der Waals surface area contributed by atoms with Crippen molar-refractivity contribution in [2.45, 2.75) is 31.7 Å². The van der Waals surface area contributed by atoms with Crippen molar-refractivity contribution < 1.29 is 26.7 Å². The second kappa shape index (κ2) is 7.16. The summed E-state index contributed by atoms with van der Waals surface area (Å²) in [7, 11) is -3.45. The Morgan fingerprint density at radius 2 is 1.97 bits per heavy atom. The molecule has 2 N–H and O–H groups in total. The lowest BCUT2D eigenvalue weighted by atomic mass is 9.94. The van der Waals surface area contributed by atoms with Gasteiger partial charge in [-0.2, -0.15) is 13.2 Å². The number of halogens is 3. The number of thiophene rings is 1. The third-order valence-electron chi connectivity index (χ3n) is 4.90. The molecule has 10 heteroatoms. The molecular formula is C20H17F3N2O3S2. The lowest BCUT2D eigenvalue weighted by Crippen LogP contribution is -2.39. The molecule has 0 radical (unpaired) electrons. The summed E-state index contributed by atoms with van der Waals surface area (Å²) in [5, 5.41) is 10.8. The number of allylic oxidation sites excluding steroid dienone is 2. The Hall–Kier alpha value is -2.27. The zero-order valence-electron chi connectivity index (χ0n) is 15.7. The molecule has 0 aliphatic heterocycles. The van der Waals surface area contributed by atoms with E-state index in [4.69, 9.17) is 0 Å². The van der Waals surface area contributed by atoms with Gasteiger partial charge in [0.1, 0.15) is 0 Å². The van der Waals surface area contributed by atoms with Gasteiger partial charge in [0.2, 0.25) is 10.0 Å². The summed E-state index contributed by atoms with van der Waals surface area (Å²) >= 11 is 1.34. The topological polar surface area (TPSA) is 79.3 Å². The molecule has 1 aliphatic rings. The maximum absolute atomic E-state index is 13.2. The highest BCUT2D eigenvalue weighted by molar-refractivity contribution is 7.93. The Bertz CT molecular complexity index is 1260. The highest BCUT2D eigenvalue weighted by Gasteiger charge is 2.51. The van der Waals surface area contributed by atoms with Crippen molar-refractivity contribution >= 4 is 31.4 Å². The summed E-state index contributed by atoms with van der Waals surface area (Å²) in [6, 6.07) is 9.53. The molecule has 0 saturated carbocycles. The van der Waals surface area contributed by atoms with E-state index in [-0.39, 0.29) is 12.1 Å². The van der Waals surface area contributed by atoms with Gasteiger partial charge >= 0.3 is 6.18 Å². The van der Waals surface area contributed by atoms with Crippen molar-refractivity contribution in [3.05, 3.63) is 64.0 Å². The van der Waals surface area contributed by atoms with Gasteiger partial charge in [-0.05, 0) is 36.1 Å². The van der Waals surface area contributed by atoms with Crippen molar-refractivity contribution in [3.63, 3.8) is 0 Å². The molecule has 1 aromatic carbocycles. The predicted molar refractivity (Wildman–Crippen MR) is 109 cm³/mol. The first-order chi connectivity index (χ1) is 14.0. The summed E-state index contributed by atoms with van der Waals surface area (Å²) in [5.41, 5.74) is -2.41. The van der Waals surface area contributed by atoms with Gasteiger partial charge in [0.05, 0.1) is 10.6 Å². The highest BCUT2D eigenvalue weighted by atomic mass is 32.2. The molecule has 0 fully saturated rings. The van der Waals surface area contributed by atoms with Crippen LogP contribution in [0.25, 0.3) is 21.3 Å². The molecule has 30 heavy (non-hydrogen) atoms. The van der Waals surface area contributed by atoms with E-state index in [1.807, 2.05) is 12.1 Å². The number of pyridine rings is 1. The molecular weight excluding hydrogens is 437 g/mol. The number of nitrogens with one attached hydrogen (secondary N) is 1. The Balaban J connectivity index is 1.69. The van der Waals surface area contributed by atoms with E-state index in [0.717, 1.165) is 21.0 Å². The molecule has 2 aromatic heterocycles. The lowest BCUT2D eigenvalue weighted by molar-refractivity contribution is -0.258. The van der Waals surface area contributed by atoms with Crippen LogP contribution < -0.4 is 4.72 Å². The van der Waals surface area contributed by atoms with Crippen LogP contribution in [-0.4, -0.2) is 24.7 Å². The maximum atomic E-state index is 13.2. The molecule has 1 aliphatic carbocycles. The van der Waals surface area contributed by atoms with Gasteiger partial charge < -0.3 is 5.11 Å². The zero-order valence-corrected chi connectivity index (χ0v) is 17.3. The van der Waals surface area contributed by atoms with E-state index in [1.165, 1.54) is 23.6 Å². The van der Waals surface area contributed by atoms with E-state index < -0.39 is 21.8 Å². The van der Waals surface area contributed by atoms with Crippen LogP contribution in [-0.2, 0) is 22.2 Å². The molecule has 0 spiro atoms. The standard InChI is InChI=1S/C20H17F3N2O3S2/c1-19(26,20(21,22)23)13-7-8-24-17(10-13)16-4-2-3-12-9-14(29-18(12)16)11-25-30(27,28)15-5-6-15/h2-5,7-10,25-26H,6,11H2,1H3. The molecule has 0 bridgehead atoms. The molecule has 2 heterocycles. The SMILES string of the molecule is CC(O)(c1ccnc(-c2cccc3cc(CNS(=O)(=O)C4=CC4)sc23)c1)C(F)(F)F. The minimum atomic E-state index is -4.83. The Morgan fingerprint density at radius 3 is 2.63 bits per heavy atom. The number of rotatable bonds is 6. The van der Waals surface area contributed by atoms with E-state index in [2.05, 4.69) is 9.71 Å². The summed E-state index contributed by atoms with van der Waals surface area (Å²) in [6.45, 7) is 0.825. The first kappa shape index (κ1) is 21.0. The van der Waals surface area contributed by atoms with Crippen LogP contribution in [0.3, 0.4) is 0 Å². The molecule has 0 amide bonds. The number of alkyl halides is 3. The Labute approximate surface area is 174 Å². The number of aliphatic hydroxyl groups is 1. The number of aromatic nitrogens is 1. The van der Waals surface area contributed by atoms with Crippen LogP contribution in [0, 0.1) is 0 Å². The quantitative estimate of drug-likeness (QED) is 0.577. The third-order valence-corrected chi connectivity index (χ3v) is 7.63. The Kier molecular flexibility index (Phi) is 5.00. The number of benzene rings is 1. The molecule has 1 atom stereocenters. The molecule has 5 nitrogen and oxygen atoms in total. The number of hydrogen-bond donors (Lipinski definition) is 2. The fraction of sp³-hybridized carbons (Fsp3) is 0.250. The van der Waals surface area contributed by atoms with Crippen molar-refractivity contribution in [3.8, 4) is 11.3 Å². The molecule has 3 aromatic rings. The van der Waals surface area contributed by atoms with Gasteiger partial charge in [-0.1, -0.05) is 24.3 Å². The minimum Gasteiger partial charge on any atom is -0.376 e. The fourth-order valence-electron chi connectivity index (χ4n) is 2.97. The number of fused-ring (bicyclic) bond motifs is 1. The van der Waals surface area contributed by atoms with Gasteiger partial charge in [-0.25, -0.2) is 13.1 Å². The predicted octanol–water partition coefficient (Wildman–Crippen LogP) is 4.44. The van der Waals surface area contributed by atoms with Gasteiger partial charge in [0.25, 0.3) is 0 Å². The normalized spacial score (nSPS) is 16.4. The van der Waals surface area contributed by atoms with Crippen LogP contribution in [0.5, 0.6) is 0 Å². The smallest absolute Gasteiger partial charge is 0.376 e. The third kappa shape index (κ3) is 3.87. The van der Waals surface area contributed by atoms with Crippen LogP contribution >= 0.6 is 11.3 Å². The lowest BCUT2D eigenvalue weighted by Gasteiger charge is -2.26. The van der Waals surface area contributed by atoms with Crippen LogP contribution in [0.1, 0.15) is 23.8 Å². The van der Waals surface area contributed by atoms with Gasteiger partial charge in [0.15, 0.2) is 5.60 Å². The second-order valence-corrected chi connectivity index (χ2v) is 10.1. The average molecular weight is 454 g/mol. The van der Waals surface area contributed by atoms with Crippen LogP contribution in [0.15, 0.2) is 53.6 Å². The minimum absolute atomic E-state index is 0.120. The van der Waals surface area contributed by atoms with E-state index >= 15 is 0 Å².